The van der Waals surface area contributed by atoms with Gasteiger partial charge in [-0.3, -0.25) is 0 Å². The zero-order valence-electron chi connectivity index (χ0n) is 10.5. The lowest BCUT2D eigenvalue weighted by Gasteiger charge is -2.08. The number of nitrogens with one attached hydrogen (secondary N) is 1. The van der Waals surface area contributed by atoms with Gasteiger partial charge >= 0.3 is 0 Å². The van der Waals surface area contributed by atoms with Crippen molar-refractivity contribution >= 4 is 5.69 Å². The number of aryl methyl sites for hydroxylation is 1. The van der Waals surface area contributed by atoms with Crippen LogP contribution in [0.1, 0.15) is 5.82 Å². The molecule has 1 aromatic heterocycles. The molecule has 0 bridgehead atoms. The van der Waals surface area contributed by atoms with Crippen LogP contribution < -0.4 is 10.1 Å². The minimum absolute atomic E-state index is 0.254. The zero-order chi connectivity index (χ0) is 13.0. The van der Waals surface area contributed by atoms with Crippen LogP contribution in [0.3, 0.4) is 0 Å². The standard InChI is InChI=1S/C13H16FN3O/c1-17-8-7-16-13(17)5-6-15-10-3-4-12(18-2)11(14)9-10/h3-4,7-9,15H,5-6H2,1-2H3. The highest BCUT2D eigenvalue weighted by atomic mass is 19.1. The third-order valence-electron chi connectivity index (χ3n) is 2.75. The molecule has 4 nitrogen and oxygen atoms in total. The second-order valence-corrected chi connectivity index (χ2v) is 3.98. The molecule has 0 aliphatic heterocycles. The van der Waals surface area contributed by atoms with Crippen LogP contribution in [-0.4, -0.2) is 23.2 Å². The Morgan fingerprint density at radius 1 is 1.44 bits per heavy atom. The lowest BCUT2D eigenvalue weighted by atomic mass is 10.2. The van der Waals surface area contributed by atoms with Gasteiger partial charge in [0.15, 0.2) is 11.6 Å². The van der Waals surface area contributed by atoms with Crippen molar-refractivity contribution in [3.05, 3.63) is 42.2 Å². The SMILES string of the molecule is COc1ccc(NCCc2nccn2C)cc1F. The molecule has 96 valence electrons. The highest BCUT2D eigenvalue weighted by Gasteiger charge is 2.03. The first-order valence-corrected chi connectivity index (χ1v) is 5.74. The molecule has 1 N–H and O–H groups in total. The van der Waals surface area contributed by atoms with Crippen molar-refractivity contribution in [2.24, 2.45) is 7.05 Å². The first-order chi connectivity index (χ1) is 8.70. The second-order valence-electron chi connectivity index (χ2n) is 3.98. The Hall–Kier alpha value is -2.04. The average molecular weight is 249 g/mol. The van der Waals surface area contributed by atoms with E-state index in [1.54, 1.807) is 18.3 Å². The van der Waals surface area contributed by atoms with Crippen molar-refractivity contribution in [1.82, 2.24) is 9.55 Å². The number of imidazole rings is 1. The van der Waals surface area contributed by atoms with Gasteiger partial charge in [0.25, 0.3) is 0 Å². The Morgan fingerprint density at radius 2 is 2.28 bits per heavy atom. The van der Waals surface area contributed by atoms with Gasteiger partial charge in [-0.15, -0.1) is 0 Å². The molecule has 2 aromatic rings. The van der Waals surface area contributed by atoms with Crippen LogP contribution >= 0.6 is 0 Å². The zero-order valence-corrected chi connectivity index (χ0v) is 10.5. The molecule has 0 amide bonds. The normalized spacial score (nSPS) is 10.4. The van der Waals surface area contributed by atoms with E-state index in [0.717, 1.165) is 17.9 Å². The van der Waals surface area contributed by atoms with Gasteiger partial charge in [-0.05, 0) is 12.1 Å². The maximum Gasteiger partial charge on any atom is 0.167 e. The monoisotopic (exact) mass is 249 g/mol. The average Bonchev–Trinajstić information content (AvgIpc) is 2.75. The quantitative estimate of drug-likeness (QED) is 0.883. The van der Waals surface area contributed by atoms with Gasteiger partial charge in [-0.1, -0.05) is 0 Å². The Balaban J connectivity index is 1.91. The number of nitrogens with zero attached hydrogens (tertiary/aromatic N) is 2. The number of rotatable bonds is 5. The van der Waals surface area contributed by atoms with Crippen molar-refractivity contribution in [1.29, 1.82) is 0 Å². The molecule has 0 aliphatic carbocycles. The van der Waals surface area contributed by atoms with Crippen molar-refractivity contribution in [2.45, 2.75) is 6.42 Å². The van der Waals surface area contributed by atoms with Crippen LogP contribution in [0.4, 0.5) is 10.1 Å². The van der Waals surface area contributed by atoms with Gasteiger partial charge in [0.1, 0.15) is 5.82 Å². The van der Waals surface area contributed by atoms with E-state index in [9.17, 15) is 4.39 Å². The molecule has 2 rings (SSSR count). The maximum atomic E-state index is 13.4. The Bertz CT molecular complexity index is 525. The van der Waals surface area contributed by atoms with E-state index in [1.165, 1.54) is 13.2 Å². The minimum Gasteiger partial charge on any atom is -0.494 e. The van der Waals surface area contributed by atoms with Gasteiger partial charge in [-0.2, -0.15) is 0 Å². The number of halogens is 1. The summed E-state index contributed by atoms with van der Waals surface area (Å²) in [5.74, 6) is 0.889. The number of anilines is 1. The third kappa shape index (κ3) is 2.80. The molecular weight excluding hydrogens is 233 g/mol. The lowest BCUT2D eigenvalue weighted by molar-refractivity contribution is 0.386. The number of ether oxygens (including phenoxy) is 1. The predicted molar refractivity (Wildman–Crippen MR) is 68.4 cm³/mol. The number of methoxy groups -OCH3 is 1. The summed E-state index contributed by atoms with van der Waals surface area (Å²) in [7, 11) is 3.40. The number of benzene rings is 1. The van der Waals surface area contributed by atoms with Crippen LogP contribution in [0.25, 0.3) is 0 Å². The minimum atomic E-state index is -0.362. The topological polar surface area (TPSA) is 39.1 Å². The number of hydrogen-bond acceptors (Lipinski definition) is 3. The van der Waals surface area contributed by atoms with Crippen LogP contribution in [0.2, 0.25) is 0 Å². The van der Waals surface area contributed by atoms with Crippen molar-refractivity contribution < 1.29 is 9.13 Å². The molecule has 0 saturated carbocycles. The molecule has 0 unspecified atom stereocenters. The Morgan fingerprint density at radius 3 is 2.89 bits per heavy atom. The van der Waals surface area contributed by atoms with Gasteiger partial charge in [-0.25, -0.2) is 9.37 Å². The van der Waals surface area contributed by atoms with E-state index in [-0.39, 0.29) is 11.6 Å². The first kappa shape index (κ1) is 12.4. The van der Waals surface area contributed by atoms with Crippen LogP contribution in [-0.2, 0) is 13.5 Å². The van der Waals surface area contributed by atoms with Gasteiger partial charge in [0, 0.05) is 44.2 Å². The van der Waals surface area contributed by atoms with Crippen LogP contribution in [0, 0.1) is 5.82 Å². The van der Waals surface area contributed by atoms with E-state index in [4.69, 9.17) is 4.74 Å². The number of aromatic nitrogens is 2. The van der Waals surface area contributed by atoms with Crippen molar-refractivity contribution in [3.63, 3.8) is 0 Å². The van der Waals surface area contributed by atoms with Crippen molar-refractivity contribution in [2.75, 3.05) is 19.0 Å². The summed E-state index contributed by atoms with van der Waals surface area (Å²) in [5, 5.41) is 3.15. The van der Waals surface area contributed by atoms with Gasteiger partial charge < -0.3 is 14.6 Å². The van der Waals surface area contributed by atoms with E-state index in [1.807, 2.05) is 17.8 Å². The summed E-state index contributed by atoms with van der Waals surface area (Å²) in [6, 6.07) is 4.83. The molecule has 1 aromatic carbocycles. The molecule has 0 radical (unpaired) electrons. The fourth-order valence-electron chi connectivity index (χ4n) is 1.73. The molecule has 0 atom stereocenters. The van der Waals surface area contributed by atoms with Crippen molar-refractivity contribution in [3.8, 4) is 5.75 Å². The first-order valence-electron chi connectivity index (χ1n) is 5.74. The van der Waals surface area contributed by atoms with E-state index >= 15 is 0 Å². The summed E-state index contributed by atoms with van der Waals surface area (Å²) in [4.78, 5) is 4.22. The predicted octanol–water partition coefficient (Wildman–Crippen LogP) is 2.22. The largest absolute Gasteiger partial charge is 0.494 e. The smallest absolute Gasteiger partial charge is 0.167 e. The summed E-state index contributed by atoms with van der Waals surface area (Å²) in [6.07, 6.45) is 4.46. The molecule has 1 heterocycles. The van der Waals surface area contributed by atoms with E-state index in [0.29, 0.717) is 6.54 Å². The molecular formula is C13H16FN3O. The molecule has 0 fully saturated rings. The maximum absolute atomic E-state index is 13.4. The second kappa shape index (κ2) is 5.53. The van der Waals surface area contributed by atoms with Crippen LogP contribution in [0.5, 0.6) is 5.75 Å². The molecule has 0 spiro atoms. The van der Waals surface area contributed by atoms with Crippen LogP contribution in [0.15, 0.2) is 30.6 Å². The summed E-state index contributed by atoms with van der Waals surface area (Å²) in [5.41, 5.74) is 0.738. The molecule has 18 heavy (non-hydrogen) atoms. The Kier molecular flexibility index (Phi) is 3.82. The lowest BCUT2D eigenvalue weighted by Crippen LogP contribution is -2.08. The Labute approximate surface area is 105 Å². The van der Waals surface area contributed by atoms with E-state index < -0.39 is 0 Å². The molecule has 5 heteroatoms. The fraction of sp³-hybridized carbons (Fsp3) is 0.308. The third-order valence-corrected chi connectivity index (χ3v) is 2.75. The van der Waals surface area contributed by atoms with E-state index in [2.05, 4.69) is 10.3 Å². The summed E-state index contributed by atoms with van der Waals surface area (Å²) < 4.78 is 20.3. The highest BCUT2D eigenvalue weighted by Crippen LogP contribution is 2.20. The van der Waals surface area contributed by atoms with Gasteiger partial charge in [0.05, 0.1) is 7.11 Å². The molecule has 0 saturated heterocycles. The number of hydrogen-bond donors (Lipinski definition) is 1. The fourth-order valence-corrected chi connectivity index (χ4v) is 1.73. The molecule has 0 aliphatic rings. The summed E-state index contributed by atoms with van der Waals surface area (Å²) in [6.45, 7) is 0.705. The summed E-state index contributed by atoms with van der Waals surface area (Å²) >= 11 is 0. The highest BCUT2D eigenvalue weighted by molar-refractivity contribution is 5.47. The van der Waals surface area contributed by atoms with Gasteiger partial charge in [0.2, 0.25) is 0 Å².